The predicted molar refractivity (Wildman–Crippen MR) is 41.7 cm³/mol. The van der Waals surface area contributed by atoms with Gasteiger partial charge in [-0.25, -0.2) is 8.42 Å². The Bertz CT molecular complexity index is 228. The zero-order chi connectivity index (χ0) is 8.48. The van der Waals surface area contributed by atoms with E-state index in [0.717, 1.165) is 0 Å². The molecule has 4 nitrogen and oxygen atoms in total. The summed E-state index contributed by atoms with van der Waals surface area (Å²) >= 11 is 0. The van der Waals surface area contributed by atoms with Gasteiger partial charge in [-0.2, -0.15) is 0 Å². The zero-order valence-corrected chi connectivity index (χ0v) is 7.44. The molecule has 1 aliphatic heterocycles. The maximum atomic E-state index is 10.7. The van der Waals surface area contributed by atoms with E-state index < -0.39 is 14.5 Å². The largest absolute Gasteiger partial charge is 0.356 e. The van der Waals surface area contributed by atoms with Gasteiger partial charge in [0.15, 0.2) is 5.44 Å². The summed E-state index contributed by atoms with van der Waals surface area (Å²) in [6.07, 6.45) is 0.981. The molecular formula is C5H10ClNO3S. The fourth-order valence-corrected chi connectivity index (χ4v) is 2.15. The van der Waals surface area contributed by atoms with Crippen LogP contribution in [0, 0.1) is 0 Å². The molecule has 11 heavy (non-hydrogen) atoms. The fraction of sp³-hybridized carbons (Fsp3) is 1.00. The van der Waals surface area contributed by atoms with E-state index in [1.165, 1.54) is 0 Å². The molecular weight excluding hydrogens is 190 g/mol. The van der Waals surface area contributed by atoms with Crippen LogP contribution in [0.1, 0.15) is 12.8 Å². The molecule has 0 saturated carbocycles. The zero-order valence-electron chi connectivity index (χ0n) is 5.86. The molecule has 0 aromatic carbocycles. The number of halogens is 1. The highest BCUT2D eigenvalue weighted by Crippen LogP contribution is 2.25. The van der Waals surface area contributed by atoms with Gasteiger partial charge in [0.1, 0.15) is 0 Å². The van der Waals surface area contributed by atoms with Gasteiger partial charge in [-0.15, -0.1) is 0 Å². The van der Waals surface area contributed by atoms with Gasteiger partial charge in [0.05, 0.1) is 6.10 Å². The molecule has 1 aliphatic rings. The van der Waals surface area contributed by atoms with E-state index in [9.17, 15) is 8.42 Å². The molecule has 0 aliphatic carbocycles. The lowest BCUT2D eigenvalue weighted by molar-refractivity contribution is 0.0939. The summed E-state index contributed by atoms with van der Waals surface area (Å²) in [6, 6.07) is 0. The Morgan fingerprint density at radius 1 is 1.55 bits per heavy atom. The van der Waals surface area contributed by atoms with Crippen LogP contribution in [-0.4, -0.2) is 26.5 Å². The van der Waals surface area contributed by atoms with Gasteiger partial charge < -0.3 is 10.5 Å². The van der Waals surface area contributed by atoms with Crippen molar-refractivity contribution in [1.29, 1.82) is 0 Å². The summed E-state index contributed by atoms with van der Waals surface area (Å²) in [6.45, 7) is 0.350. The van der Waals surface area contributed by atoms with Gasteiger partial charge >= 0.3 is 0 Å². The minimum absolute atomic E-state index is 0.145. The van der Waals surface area contributed by atoms with Crippen molar-refractivity contribution in [3.8, 4) is 0 Å². The van der Waals surface area contributed by atoms with Crippen molar-refractivity contribution in [1.82, 2.24) is 0 Å². The van der Waals surface area contributed by atoms with E-state index in [1.54, 1.807) is 0 Å². The van der Waals surface area contributed by atoms with Crippen molar-refractivity contribution in [2.75, 3.05) is 6.54 Å². The molecule has 1 rings (SSSR count). The first-order valence-electron chi connectivity index (χ1n) is 3.33. The van der Waals surface area contributed by atoms with E-state index in [2.05, 4.69) is 0 Å². The SMILES string of the molecule is NC[C@@H]1CC[C@H](S(=O)(=O)Cl)O1. The van der Waals surface area contributed by atoms with Crippen LogP contribution in [0.5, 0.6) is 0 Å². The van der Waals surface area contributed by atoms with Crippen LogP contribution in [0.3, 0.4) is 0 Å². The molecule has 0 amide bonds. The first kappa shape index (κ1) is 9.25. The Balaban J connectivity index is 2.55. The van der Waals surface area contributed by atoms with Crippen LogP contribution in [0.4, 0.5) is 0 Å². The van der Waals surface area contributed by atoms with E-state index >= 15 is 0 Å². The molecule has 0 spiro atoms. The molecule has 0 radical (unpaired) electrons. The van der Waals surface area contributed by atoms with Crippen LogP contribution in [0.15, 0.2) is 0 Å². The van der Waals surface area contributed by atoms with Crippen molar-refractivity contribution in [3.63, 3.8) is 0 Å². The molecule has 2 N–H and O–H groups in total. The summed E-state index contributed by atoms with van der Waals surface area (Å²) in [5.41, 5.74) is 4.43. The molecule has 0 unspecified atom stereocenters. The van der Waals surface area contributed by atoms with Crippen molar-refractivity contribution in [2.24, 2.45) is 5.73 Å². The molecule has 66 valence electrons. The average molecular weight is 200 g/mol. The molecule has 1 saturated heterocycles. The third-order valence-electron chi connectivity index (χ3n) is 1.65. The topological polar surface area (TPSA) is 69.4 Å². The van der Waals surface area contributed by atoms with E-state index in [0.29, 0.717) is 19.4 Å². The first-order valence-corrected chi connectivity index (χ1v) is 5.70. The summed E-state index contributed by atoms with van der Waals surface area (Å²) in [5.74, 6) is 0. The minimum Gasteiger partial charge on any atom is -0.356 e. The van der Waals surface area contributed by atoms with E-state index in [-0.39, 0.29) is 6.10 Å². The smallest absolute Gasteiger partial charge is 0.259 e. The van der Waals surface area contributed by atoms with Gasteiger partial charge in [-0.3, -0.25) is 0 Å². The standard InChI is InChI=1S/C5H10ClNO3S/c6-11(8,9)5-2-1-4(3-7)10-5/h4-5H,1-3,7H2/t4-,5-/m0/s1. The fourth-order valence-electron chi connectivity index (χ4n) is 1.05. The quantitative estimate of drug-likeness (QED) is 0.637. The third kappa shape index (κ3) is 2.30. The highest BCUT2D eigenvalue weighted by molar-refractivity contribution is 8.14. The third-order valence-corrected chi connectivity index (χ3v) is 3.22. The number of hydrogen-bond acceptors (Lipinski definition) is 4. The number of nitrogens with two attached hydrogens (primary N) is 1. The Labute approximate surface area is 70.1 Å². The van der Waals surface area contributed by atoms with Crippen LogP contribution in [-0.2, 0) is 13.8 Å². The van der Waals surface area contributed by atoms with Crippen molar-refractivity contribution < 1.29 is 13.2 Å². The van der Waals surface area contributed by atoms with Crippen molar-refractivity contribution in [2.45, 2.75) is 24.4 Å². The summed E-state index contributed by atoms with van der Waals surface area (Å²) in [5, 5.41) is 0. The predicted octanol–water partition coefficient (Wildman–Crippen LogP) is 0.0188. The maximum absolute atomic E-state index is 10.7. The summed E-state index contributed by atoms with van der Waals surface area (Å²) in [4.78, 5) is 0. The minimum atomic E-state index is -3.55. The van der Waals surface area contributed by atoms with Gasteiger partial charge in [-0.1, -0.05) is 0 Å². The summed E-state index contributed by atoms with van der Waals surface area (Å²) < 4.78 is 26.4. The van der Waals surface area contributed by atoms with Gasteiger partial charge in [-0.05, 0) is 12.8 Å². The number of ether oxygens (including phenoxy) is 1. The average Bonchev–Trinajstić information content (AvgIpc) is 2.32. The number of rotatable bonds is 2. The second kappa shape index (κ2) is 3.26. The van der Waals surface area contributed by atoms with Crippen molar-refractivity contribution >= 4 is 19.7 Å². The highest BCUT2D eigenvalue weighted by atomic mass is 35.7. The van der Waals surface area contributed by atoms with Crippen LogP contribution < -0.4 is 5.73 Å². The lowest BCUT2D eigenvalue weighted by Gasteiger charge is -2.07. The molecule has 1 fully saturated rings. The van der Waals surface area contributed by atoms with Gasteiger partial charge in [0.25, 0.3) is 9.05 Å². The second-order valence-corrected chi connectivity index (χ2v) is 5.24. The maximum Gasteiger partial charge on any atom is 0.259 e. The molecule has 0 bridgehead atoms. The van der Waals surface area contributed by atoms with E-state index in [1.807, 2.05) is 0 Å². The Morgan fingerprint density at radius 3 is 2.45 bits per heavy atom. The van der Waals surface area contributed by atoms with Crippen LogP contribution in [0.2, 0.25) is 0 Å². The van der Waals surface area contributed by atoms with Crippen LogP contribution in [0.25, 0.3) is 0 Å². The lowest BCUT2D eigenvalue weighted by Crippen LogP contribution is -2.22. The van der Waals surface area contributed by atoms with Gasteiger partial charge in [0, 0.05) is 17.2 Å². The summed E-state index contributed by atoms with van der Waals surface area (Å²) in [7, 11) is 1.52. The molecule has 6 heteroatoms. The number of hydrogen-bond donors (Lipinski definition) is 1. The second-order valence-electron chi connectivity index (χ2n) is 2.48. The normalized spacial score (nSPS) is 32.5. The molecule has 0 aromatic rings. The molecule has 1 heterocycles. The highest BCUT2D eigenvalue weighted by Gasteiger charge is 2.32. The molecule has 0 aromatic heterocycles. The van der Waals surface area contributed by atoms with Crippen LogP contribution >= 0.6 is 10.7 Å². The van der Waals surface area contributed by atoms with E-state index in [4.69, 9.17) is 21.2 Å². The Morgan fingerprint density at radius 2 is 2.18 bits per heavy atom. The lowest BCUT2D eigenvalue weighted by atomic mass is 10.2. The monoisotopic (exact) mass is 199 g/mol. The molecule has 2 atom stereocenters. The first-order chi connectivity index (χ1) is 5.04. The Hall–Kier alpha value is 0.160. The van der Waals surface area contributed by atoms with Crippen molar-refractivity contribution in [3.05, 3.63) is 0 Å². The Kier molecular flexibility index (Phi) is 2.74. The van der Waals surface area contributed by atoms with Gasteiger partial charge in [0.2, 0.25) is 0 Å².